The molecule has 1 aromatic carbocycles. The van der Waals surface area contributed by atoms with Gasteiger partial charge in [0.15, 0.2) is 5.82 Å². The summed E-state index contributed by atoms with van der Waals surface area (Å²) in [5, 5.41) is 6.42. The Kier molecular flexibility index (Phi) is 9.36. The van der Waals surface area contributed by atoms with Crippen LogP contribution in [0.25, 0.3) is 11.0 Å². The highest BCUT2D eigenvalue weighted by Gasteiger charge is 2.36. The van der Waals surface area contributed by atoms with Crippen LogP contribution in [0.15, 0.2) is 36.5 Å². The lowest BCUT2D eigenvalue weighted by Gasteiger charge is -2.26. The van der Waals surface area contributed by atoms with E-state index in [0.717, 1.165) is 18.1 Å². The Hall–Kier alpha value is -2.18. The standard InChI is InChI=1S/C24H33ClN7O4PS/c1-15-12-18(13-34-37(29-24(2,3)14-33)36-17-8-6-16(25)7-9-17)35-22(15)32-11-10-19-20(31(4)30-38-5)27-23(26)28-21(19)32/h6-11,14-15,18,22,29-30H,12-13H2,1-5H3,(H2,26,27,28). The molecule has 1 fully saturated rings. The first-order valence-electron chi connectivity index (χ1n) is 12.0. The summed E-state index contributed by atoms with van der Waals surface area (Å²) >= 11 is 7.45. The second kappa shape index (κ2) is 12.3. The van der Waals surface area contributed by atoms with Crippen molar-refractivity contribution >= 4 is 61.2 Å². The minimum absolute atomic E-state index is 0.182. The topological polar surface area (TPSA) is 129 Å². The molecule has 4 rings (SSSR count). The number of halogens is 1. The van der Waals surface area contributed by atoms with E-state index in [4.69, 9.17) is 31.1 Å². The van der Waals surface area contributed by atoms with Gasteiger partial charge in [-0.05, 0) is 56.9 Å². The number of aldehydes is 1. The maximum Gasteiger partial charge on any atom is 0.319 e. The van der Waals surface area contributed by atoms with Crippen molar-refractivity contribution in [3.8, 4) is 5.75 Å². The van der Waals surface area contributed by atoms with Crippen molar-refractivity contribution in [1.82, 2.24) is 24.5 Å². The lowest BCUT2D eigenvalue weighted by molar-refractivity contribution is -0.111. The fourth-order valence-electron chi connectivity index (χ4n) is 4.13. The molecule has 2 aromatic heterocycles. The molecule has 1 saturated heterocycles. The molecule has 14 heteroatoms. The Balaban J connectivity index is 1.48. The van der Waals surface area contributed by atoms with Crippen LogP contribution in [0.3, 0.4) is 0 Å². The third kappa shape index (κ3) is 6.87. The summed E-state index contributed by atoms with van der Waals surface area (Å²) in [5.41, 5.74) is 5.92. The van der Waals surface area contributed by atoms with Crippen LogP contribution in [0.2, 0.25) is 5.02 Å². The first-order valence-corrected chi connectivity index (χ1v) is 14.8. The van der Waals surface area contributed by atoms with Crippen LogP contribution in [0.5, 0.6) is 5.75 Å². The van der Waals surface area contributed by atoms with Gasteiger partial charge in [0, 0.05) is 24.2 Å². The van der Waals surface area contributed by atoms with Crippen molar-refractivity contribution in [3.63, 3.8) is 0 Å². The van der Waals surface area contributed by atoms with Gasteiger partial charge >= 0.3 is 8.53 Å². The number of fused-ring (bicyclic) bond motifs is 1. The van der Waals surface area contributed by atoms with E-state index < -0.39 is 14.1 Å². The molecule has 1 aliphatic rings. The number of hydrogen-bond acceptors (Lipinski definition) is 11. The Morgan fingerprint density at radius 3 is 2.76 bits per heavy atom. The van der Waals surface area contributed by atoms with E-state index in [1.807, 2.05) is 35.1 Å². The van der Waals surface area contributed by atoms with Crippen molar-refractivity contribution in [3.05, 3.63) is 41.6 Å². The number of rotatable bonds is 12. The van der Waals surface area contributed by atoms with E-state index in [1.54, 1.807) is 38.1 Å². The first-order chi connectivity index (χ1) is 18.1. The molecule has 4 atom stereocenters. The minimum atomic E-state index is -1.64. The van der Waals surface area contributed by atoms with Crippen molar-refractivity contribution in [2.24, 2.45) is 5.92 Å². The van der Waals surface area contributed by atoms with Gasteiger partial charge in [0.05, 0.1) is 23.6 Å². The molecule has 3 aromatic rings. The molecule has 206 valence electrons. The van der Waals surface area contributed by atoms with Gasteiger partial charge in [-0.15, -0.1) is 0 Å². The third-order valence-corrected chi connectivity index (χ3v) is 8.12. The molecule has 0 spiro atoms. The molecule has 4 N–H and O–H groups in total. The first kappa shape index (κ1) is 28.8. The average molecular weight is 582 g/mol. The molecule has 4 unspecified atom stereocenters. The van der Waals surface area contributed by atoms with Crippen LogP contribution < -0.4 is 25.2 Å². The monoisotopic (exact) mass is 581 g/mol. The van der Waals surface area contributed by atoms with Crippen molar-refractivity contribution < 1.29 is 18.6 Å². The van der Waals surface area contributed by atoms with Gasteiger partial charge in [-0.3, -0.25) is 5.01 Å². The molecular weight excluding hydrogens is 549 g/mol. The number of nitrogens with two attached hydrogens (primary N) is 1. The Labute approximate surface area is 232 Å². The molecule has 0 radical (unpaired) electrons. The summed E-state index contributed by atoms with van der Waals surface area (Å²) in [6, 6.07) is 8.95. The fourth-order valence-corrected chi connectivity index (χ4v) is 5.91. The second-order valence-corrected chi connectivity index (χ2v) is 11.8. The van der Waals surface area contributed by atoms with E-state index in [-0.39, 0.29) is 30.8 Å². The number of aromatic nitrogens is 3. The number of hydrogen-bond donors (Lipinski definition) is 3. The molecule has 0 aliphatic carbocycles. The van der Waals surface area contributed by atoms with Crippen molar-refractivity contribution in [2.75, 3.05) is 30.7 Å². The van der Waals surface area contributed by atoms with Crippen LogP contribution >= 0.6 is 32.1 Å². The molecular formula is C24H33ClN7O4PS. The van der Waals surface area contributed by atoms with Crippen LogP contribution in [0.4, 0.5) is 11.8 Å². The average Bonchev–Trinajstić information content (AvgIpc) is 3.46. The number of hydrazine groups is 1. The summed E-state index contributed by atoms with van der Waals surface area (Å²) in [5.74, 6) is 1.63. The van der Waals surface area contributed by atoms with E-state index in [1.165, 1.54) is 11.9 Å². The molecule has 0 saturated carbocycles. The molecule has 0 amide bonds. The van der Waals surface area contributed by atoms with Crippen molar-refractivity contribution in [2.45, 2.75) is 45.1 Å². The zero-order chi connectivity index (χ0) is 27.4. The quantitative estimate of drug-likeness (QED) is 0.119. The Bertz CT molecular complexity index is 1250. The summed E-state index contributed by atoms with van der Waals surface area (Å²) < 4.78 is 20.6. The second-order valence-electron chi connectivity index (χ2n) is 9.63. The van der Waals surface area contributed by atoms with Gasteiger partial charge < -0.3 is 28.9 Å². The van der Waals surface area contributed by atoms with E-state index in [9.17, 15) is 4.79 Å². The number of ether oxygens (including phenoxy) is 1. The summed E-state index contributed by atoms with van der Waals surface area (Å²) in [4.78, 5) is 23.6. The fraction of sp³-hybridized carbons (Fsp3) is 0.458. The van der Waals surface area contributed by atoms with Crippen LogP contribution in [-0.4, -0.2) is 52.4 Å². The van der Waals surface area contributed by atoms with Gasteiger partial charge in [-0.1, -0.05) is 30.5 Å². The lowest BCUT2D eigenvalue weighted by Crippen LogP contribution is -2.38. The SMILES string of the molecule is CSNN(C)c1nc(N)nc2c1ccn2C1OC(COP(NC(C)(C)C=O)Oc2ccc(Cl)cc2)CC1C. The Morgan fingerprint density at radius 1 is 1.34 bits per heavy atom. The zero-order valence-electron chi connectivity index (χ0n) is 21.9. The highest BCUT2D eigenvalue weighted by Crippen LogP contribution is 2.42. The molecule has 1 aliphatic heterocycles. The van der Waals surface area contributed by atoms with Gasteiger partial charge in [-0.2, -0.15) is 14.8 Å². The van der Waals surface area contributed by atoms with E-state index in [0.29, 0.717) is 22.2 Å². The Morgan fingerprint density at radius 2 is 2.08 bits per heavy atom. The highest BCUT2D eigenvalue weighted by molar-refractivity contribution is 7.96. The number of benzene rings is 1. The predicted octanol–water partition coefficient (Wildman–Crippen LogP) is 4.70. The highest BCUT2D eigenvalue weighted by atomic mass is 35.5. The minimum Gasteiger partial charge on any atom is -0.436 e. The maximum atomic E-state index is 11.5. The number of nitrogens with zero attached hydrogens (tertiary/aromatic N) is 4. The largest absolute Gasteiger partial charge is 0.436 e. The lowest BCUT2D eigenvalue weighted by atomic mass is 10.1. The number of carbonyl (C=O) groups is 1. The predicted molar refractivity (Wildman–Crippen MR) is 153 cm³/mol. The van der Waals surface area contributed by atoms with Gasteiger partial charge in [0.2, 0.25) is 5.95 Å². The van der Waals surface area contributed by atoms with Crippen LogP contribution in [0.1, 0.15) is 33.4 Å². The van der Waals surface area contributed by atoms with Gasteiger partial charge in [0.1, 0.15) is 23.9 Å². The number of carbonyl (C=O) groups excluding carboxylic acids is 1. The number of nitrogens with one attached hydrogen (secondary N) is 2. The van der Waals surface area contributed by atoms with Crippen molar-refractivity contribution in [1.29, 1.82) is 0 Å². The smallest absolute Gasteiger partial charge is 0.319 e. The summed E-state index contributed by atoms with van der Waals surface area (Å²) in [6.07, 6.45) is 5.03. The maximum absolute atomic E-state index is 11.5. The zero-order valence-corrected chi connectivity index (χ0v) is 24.4. The van der Waals surface area contributed by atoms with Gasteiger partial charge in [0.25, 0.3) is 0 Å². The normalized spacial score (nSPS) is 20.5. The molecule has 38 heavy (non-hydrogen) atoms. The number of nitrogen functional groups attached to an aromatic ring is 1. The van der Waals surface area contributed by atoms with E-state index >= 15 is 0 Å². The summed E-state index contributed by atoms with van der Waals surface area (Å²) in [6.45, 7) is 5.94. The third-order valence-electron chi connectivity index (χ3n) is 5.90. The van der Waals surface area contributed by atoms with E-state index in [2.05, 4.69) is 26.8 Å². The van der Waals surface area contributed by atoms with Gasteiger partial charge in [-0.25, -0.2) is 5.09 Å². The molecule has 0 bridgehead atoms. The molecule has 3 heterocycles. The van der Waals surface area contributed by atoms with Crippen LogP contribution in [-0.2, 0) is 14.1 Å². The number of anilines is 2. The van der Waals surface area contributed by atoms with Crippen LogP contribution in [0, 0.1) is 5.92 Å². The summed E-state index contributed by atoms with van der Waals surface area (Å²) in [7, 11) is 0.236. The molecule has 11 nitrogen and oxygen atoms in total.